The largest absolute Gasteiger partial charge is 0.456 e. The number of hydrogen-bond donors (Lipinski definition) is 1. The fraction of sp³-hybridized carbons (Fsp3) is 0.579. The summed E-state index contributed by atoms with van der Waals surface area (Å²) in [6.45, 7) is 0.221. The lowest BCUT2D eigenvalue weighted by Gasteiger charge is -2.06. The third-order valence-corrected chi connectivity index (χ3v) is 4.07. The first-order chi connectivity index (χ1) is 12.6. The van der Waals surface area contributed by atoms with Crippen molar-refractivity contribution >= 4 is 11.7 Å². The summed E-state index contributed by atoms with van der Waals surface area (Å²) in [4.78, 5) is 21.8. The molecule has 0 saturated heterocycles. The molecule has 0 unspecified atom stereocenters. The molecule has 0 amide bonds. The Bertz CT molecular complexity index is 560. The van der Waals surface area contributed by atoms with Crippen LogP contribution in [0.2, 0.25) is 0 Å². The number of esters is 1. The molecule has 0 radical (unpaired) electrons. The molecule has 1 rings (SSSR count). The number of oxime groups is 1. The normalized spacial score (nSPS) is 11.3. The van der Waals surface area contributed by atoms with Crippen LogP contribution in [0.15, 0.2) is 35.5 Å². The van der Waals surface area contributed by atoms with Gasteiger partial charge in [0, 0.05) is 17.8 Å². The summed E-state index contributed by atoms with van der Waals surface area (Å²) in [5.41, 5.74) is 0.942. The highest BCUT2D eigenvalue weighted by molar-refractivity contribution is 6.36. The highest BCUT2D eigenvalue weighted by atomic mass is 16.6. The molecule has 0 bridgehead atoms. The van der Waals surface area contributed by atoms with Gasteiger partial charge in [-0.3, -0.25) is 10.1 Å². The number of benzene rings is 1. The van der Waals surface area contributed by atoms with Gasteiger partial charge in [-0.25, -0.2) is 4.79 Å². The summed E-state index contributed by atoms with van der Waals surface area (Å²) in [7, 11) is 0. The second-order valence-corrected chi connectivity index (χ2v) is 6.24. The smallest absolute Gasteiger partial charge is 0.356 e. The van der Waals surface area contributed by atoms with E-state index >= 15 is 0 Å². The molecule has 1 aromatic carbocycles. The Morgan fingerprint density at radius 1 is 1.00 bits per heavy atom. The number of unbranched alkanes of at least 4 members (excludes halogenated alkanes) is 7. The molecule has 0 spiro atoms. The summed E-state index contributed by atoms with van der Waals surface area (Å²) in [6.07, 6.45) is 7.84. The van der Waals surface area contributed by atoms with Crippen LogP contribution in [0.25, 0.3) is 0 Å². The molecule has 0 aromatic heterocycles. The number of carbonyl (C=O) groups excluding carboxylic acids is 1. The highest BCUT2D eigenvalue weighted by Crippen LogP contribution is 2.11. The summed E-state index contributed by atoms with van der Waals surface area (Å²) < 4.78 is 5.15. The average molecular weight is 364 g/mol. The van der Waals surface area contributed by atoms with E-state index in [1.807, 2.05) is 30.3 Å². The van der Waals surface area contributed by atoms with Crippen molar-refractivity contribution in [2.75, 3.05) is 6.54 Å². The lowest BCUT2D eigenvalue weighted by molar-refractivity contribution is -0.480. The predicted octanol–water partition coefficient (Wildman–Crippen LogP) is 4.35. The predicted molar refractivity (Wildman–Crippen MR) is 98.9 cm³/mol. The van der Waals surface area contributed by atoms with Gasteiger partial charge in [0.25, 0.3) is 0 Å². The molecule has 0 fully saturated rings. The molecule has 1 N–H and O–H groups in total. The summed E-state index contributed by atoms with van der Waals surface area (Å²) >= 11 is 0. The second kappa shape index (κ2) is 13.8. The molecule has 7 nitrogen and oxygen atoms in total. The van der Waals surface area contributed by atoms with Crippen molar-refractivity contribution < 1.29 is 19.7 Å². The standard InChI is InChI=1S/C19H28N2O5/c22-19(26-16-17-12-8-7-9-13-17)18(20-23)14-10-5-3-1-2-4-6-11-15-21(24)25/h7-9,12-13,23H,1-6,10-11,14-16H2/b20-18-. The summed E-state index contributed by atoms with van der Waals surface area (Å²) in [5.74, 6) is -0.581. The zero-order valence-corrected chi connectivity index (χ0v) is 15.1. The molecule has 26 heavy (non-hydrogen) atoms. The molecular weight excluding hydrogens is 336 g/mol. The van der Waals surface area contributed by atoms with E-state index < -0.39 is 5.97 Å². The van der Waals surface area contributed by atoms with Crippen molar-refractivity contribution in [2.45, 2.75) is 64.4 Å². The Labute approximate surface area is 154 Å². The molecule has 1 aromatic rings. The van der Waals surface area contributed by atoms with Gasteiger partial charge in [0.2, 0.25) is 6.54 Å². The van der Waals surface area contributed by atoms with Gasteiger partial charge in [0.1, 0.15) is 6.61 Å². The van der Waals surface area contributed by atoms with Gasteiger partial charge in [0.05, 0.1) is 0 Å². The van der Waals surface area contributed by atoms with Crippen LogP contribution in [0.5, 0.6) is 0 Å². The quantitative estimate of drug-likeness (QED) is 0.132. The Kier molecular flexibility index (Phi) is 11.5. The first-order valence-corrected chi connectivity index (χ1v) is 9.17. The van der Waals surface area contributed by atoms with Gasteiger partial charge in [0.15, 0.2) is 5.71 Å². The van der Waals surface area contributed by atoms with E-state index in [0.29, 0.717) is 12.8 Å². The van der Waals surface area contributed by atoms with Crippen LogP contribution in [-0.2, 0) is 16.1 Å². The van der Waals surface area contributed by atoms with E-state index in [1.54, 1.807) is 0 Å². The maximum Gasteiger partial charge on any atom is 0.356 e. The maximum atomic E-state index is 11.9. The Balaban J connectivity index is 2.05. The van der Waals surface area contributed by atoms with Crippen LogP contribution in [-0.4, -0.2) is 28.4 Å². The van der Waals surface area contributed by atoms with Crippen LogP contribution in [0, 0.1) is 10.1 Å². The lowest BCUT2D eigenvalue weighted by Crippen LogP contribution is -2.17. The Morgan fingerprint density at radius 2 is 1.58 bits per heavy atom. The Morgan fingerprint density at radius 3 is 2.15 bits per heavy atom. The van der Waals surface area contributed by atoms with Crippen molar-refractivity contribution in [3.63, 3.8) is 0 Å². The van der Waals surface area contributed by atoms with Crippen LogP contribution in [0.1, 0.15) is 63.4 Å². The van der Waals surface area contributed by atoms with Gasteiger partial charge < -0.3 is 9.94 Å². The van der Waals surface area contributed by atoms with Crippen molar-refractivity contribution in [2.24, 2.45) is 5.16 Å². The lowest BCUT2D eigenvalue weighted by atomic mass is 10.1. The number of nitrogens with zero attached hydrogens (tertiary/aromatic N) is 2. The molecule has 0 aliphatic carbocycles. The van der Waals surface area contributed by atoms with Crippen LogP contribution in [0.4, 0.5) is 0 Å². The summed E-state index contributed by atoms with van der Waals surface area (Å²) in [5, 5.41) is 22.3. The van der Waals surface area contributed by atoms with Crippen molar-refractivity contribution in [3.05, 3.63) is 46.0 Å². The van der Waals surface area contributed by atoms with Crippen LogP contribution < -0.4 is 0 Å². The molecule has 0 saturated carbocycles. The van der Waals surface area contributed by atoms with Crippen LogP contribution >= 0.6 is 0 Å². The SMILES string of the molecule is O=C(OCc1ccccc1)/C(CCCCCCCCCC[N+](=O)[O-])=N\O. The topological polar surface area (TPSA) is 102 Å². The minimum absolute atomic E-state index is 0.0562. The first kappa shape index (κ1) is 21.6. The maximum absolute atomic E-state index is 11.9. The minimum Gasteiger partial charge on any atom is -0.456 e. The number of nitro groups is 1. The monoisotopic (exact) mass is 364 g/mol. The van der Waals surface area contributed by atoms with Gasteiger partial charge in [-0.15, -0.1) is 0 Å². The van der Waals surface area contributed by atoms with Gasteiger partial charge in [-0.05, 0) is 18.4 Å². The van der Waals surface area contributed by atoms with Crippen molar-refractivity contribution in [3.8, 4) is 0 Å². The molecule has 144 valence electrons. The Hall–Kier alpha value is -2.44. The minimum atomic E-state index is -0.581. The second-order valence-electron chi connectivity index (χ2n) is 6.24. The molecule has 0 aliphatic heterocycles. The van der Waals surface area contributed by atoms with Gasteiger partial charge in [-0.1, -0.05) is 67.6 Å². The highest BCUT2D eigenvalue weighted by Gasteiger charge is 2.13. The molecule has 0 atom stereocenters. The first-order valence-electron chi connectivity index (χ1n) is 9.17. The number of ether oxygens (including phenoxy) is 1. The fourth-order valence-electron chi connectivity index (χ4n) is 2.59. The molecular formula is C19H28N2O5. The van der Waals surface area contributed by atoms with Crippen molar-refractivity contribution in [1.29, 1.82) is 0 Å². The van der Waals surface area contributed by atoms with E-state index in [4.69, 9.17) is 9.94 Å². The molecule has 0 aliphatic rings. The third kappa shape index (κ3) is 10.4. The number of hydrogen-bond acceptors (Lipinski definition) is 6. The number of rotatable bonds is 14. The molecule has 0 heterocycles. The van der Waals surface area contributed by atoms with Crippen molar-refractivity contribution in [1.82, 2.24) is 0 Å². The van der Waals surface area contributed by atoms with E-state index in [9.17, 15) is 14.9 Å². The average Bonchev–Trinajstić information content (AvgIpc) is 2.65. The zero-order valence-electron chi connectivity index (χ0n) is 15.1. The number of carbonyl (C=O) groups is 1. The van der Waals surface area contributed by atoms with Gasteiger partial charge >= 0.3 is 5.97 Å². The van der Waals surface area contributed by atoms with Crippen LogP contribution in [0.3, 0.4) is 0 Å². The molecule has 7 heteroatoms. The van der Waals surface area contributed by atoms with E-state index in [-0.39, 0.29) is 23.8 Å². The zero-order chi connectivity index (χ0) is 19.0. The van der Waals surface area contributed by atoms with Gasteiger partial charge in [-0.2, -0.15) is 0 Å². The fourth-order valence-corrected chi connectivity index (χ4v) is 2.59. The van der Waals surface area contributed by atoms with E-state index in [1.165, 1.54) is 0 Å². The van der Waals surface area contributed by atoms with E-state index in [2.05, 4.69) is 5.16 Å². The van der Waals surface area contributed by atoms with E-state index in [0.717, 1.165) is 50.5 Å². The summed E-state index contributed by atoms with van der Waals surface area (Å²) in [6, 6.07) is 9.35. The third-order valence-electron chi connectivity index (χ3n) is 4.07.